The third-order valence-electron chi connectivity index (χ3n) is 13.8. The summed E-state index contributed by atoms with van der Waals surface area (Å²) in [7, 11) is -15.9. The molecule has 1 N–H and O–H groups in total. The van der Waals surface area contributed by atoms with Gasteiger partial charge in [0.2, 0.25) is 19.7 Å². The van der Waals surface area contributed by atoms with Gasteiger partial charge in [-0.25, -0.2) is 16.8 Å². The molecule has 0 aliphatic rings. The Morgan fingerprint density at radius 1 is 0.472 bits per heavy atom. The molecule has 0 bridgehead atoms. The monoisotopic (exact) mass is 1370 g/mol. The number of H-pyrrole nitrogens is 1. The first-order valence-corrected chi connectivity index (χ1v) is 35.0. The topological polar surface area (TPSA) is 220 Å². The number of rotatable bonds is 19. The number of nitrogens with one attached hydrogen (secondary N) is 1. The summed E-state index contributed by atoms with van der Waals surface area (Å²) in [5.74, 6) is 0.695. The van der Waals surface area contributed by atoms with Crippen molar-refractivity contribution in [3.8, 4) is 11.5 Å². The summed E-state index contributed by atoms with van der Waals surface area (Å²) in [5.41, 5.74) is 4.97. The second-order valence-electron chi connectivity index (χ2n) is 20.1. The van der Waals surface area contributed by atoms with Crippen LogP contribution in [0.5, 0.6) is 11.5 Å². The van der Waals surface area contributed by atoms with E-state index in [9.17, 15) is 33.7 Å². The molecule has 12 aromatic rings. The molecule has 89 heavy (non-hydrogen) atoms. The molecule has 0 saturated carbocycles. The minimum atomic E-state index is -4.08. The van der Waals surface area contributed by atoms with Gasteiger partial charge in [-0.15, -0.1) is 0 Å². The van der Waals surface area contributed by atoms with Gasteiger partial charge in [-0.1, -0.05) is 172 Å². The third-order valence-corrected chi connectivity index (χ3v) is 21.1. The van der Waals surface area contributed by atoms with Crippen LogP contribution in [0.15, 0.2) is 248 Å². The molecular weight excluding hydrogens is 1320 g/mol. The third kappa shape index (κ3) is 15.2. The van der Waals surface area contributed by atoms with Gasteiger partial charge >= 0.3 is 0 Å². The van der Waals surface area contributed by atoms with Crippen molar-refractivity contribution in [1.82, 2.24) is 20.0 Å². The average Bonchev–Trinajstić information content (AvgIpc) is 1.75. The molecule has 0 fully saturated rings. The van der Waals surface area contributed by atoms with E-state index in [1.54, 1.807) is 126 Å². The number of hydrogen-bond acceptors (Lipinski definition) is 14. The summed E-state index contributed by atoms with van der Waals surface area (Å²) in [6.07, 6.45) is 0. The summed E-state index contributed by atoms with van der Waals surface area (Å²) >= 11 is 15.2. The summed E-state index contributed by atoms with van der Waals surface area (Å²) in [6, 6.07) is 62.4. The Labute approximate surface area is 533 Å². The second-order valence-corrected chi connectivity index (χ2v) is 28.5. The predicted octanol–water partition coefficient (Wildman–Crippen LogP) is 14.7. The van der Waals surface area contributed by atoms with Crippen LogP contribution in [0, 0.1) is 13.8 Å². The second kappa shape index (κ2) is 27.8. The van der Waals surface area contributed by atoms with Gasteiger partial charge < -0.3 is 9.47 Å². The zero-order valence-corrected chi connectivity index (χ0v) is 53.9. The van der Waals surface area contributed by atoms with Gasteiger partial charge in [0.1, 0.15) is 37.9 Å². The van der Waals surface area contributed by atoms with E-state index in [1.165, 1.54) is 29.8 Å². The van der Waals surface area contributed by atoms with Crippen molar-refractivity contribution in [3.63, 3.8) is 0 Å². The van der Waals surface area contributed by atoms with E-state index in [4.69, 9.17) is 41.0 Å². The van der Waals surface area contributed by atoms with Crippen molar-refractivity contribution in [2.45, 2.75) is 55.4 Å². The highest BCUT2D eigenvalue weighted by molar-refractivity contribution is 9.08. The Morgan fingerprint density at radius 3 is 1.47 bits per heavy atom. The van der Waals surface area contributed by atoms with Crippen LogP contribution in [-0.2, 0) is 60.2 Å². The van der Waals surface area contributed by atoms with Crippen LogP contribution in [-0.4, -0.2) is 80.1 Å². The van der Waals surface area contributed by atoms with Gasteiger partial charge in [-0.2, -0.15) is 27.0 Å². The molecule has 0 radical (unpaired) electrons. The molecule has 16 nitrogen and oxygen atoms in total. The largest absolute Gasteiger partial charge is 0.491 e. The number of aromatic amines is 1. The summed E-state index contributed by atoms with van der Waals surface area (Å²) in [4.78, 5) is 0.439. The fraction of sp³-hybridized carbons (Fsp3) is 0.121. The highest BCUT2D eigenvalue weighted by Crippen LogP contribution is 2.36. The predicted molar refractivity (Wildman–Crippen MR) is 349 cm³/mol. The van der Waals surface area contributed by atoms with Crippen molar-refractivity contribution >= 4 is 122 Å². The average molecular weight is 1380 g/mol. The number of aromatic nitrogens is 4. The van der Waals surface area contributed by atoms with Crippen LogP contribution in [0.2, 0.25) is 10.0 Å². The van der Waals surface area contributed by atoms with Gasteiger partial charge in [0.15, 0.2) is 10.1 Å². The number of hydrogen-bond donors (Lipinski definition) is 1. The smallest absolute Gasteiger partial charge is 0.297 e. The minimum Gasteiger partial charge on any atom is -0.491 e. The van der Waals surface area contributed by atoms with E-state index in [-0.39, 0.29) is 62.6 Å². The number of halogens is 3. The van der Waals surface area contributed by atoms with Crippen molar-refractivity contribution in [3.05, 3.63) is 251 Å². The molecule has 0 aliphatic heterocycles. The van der Waals surface area contributed by atoms with E-state index in [0.717, 1.165) is 37.8 Å². The van der Waals surface area contributed by atoms with Gasteiger partial charge in [-0.05, 0) is 133 Å². The molecule has 2 aromatic heterocycles. The number of fused-ring (bicyclic) bond motifs is 4. The molecule has 0 spiro atoms. The van der Waals surface area contributed by atoms with E-state index >= 15 is 0 Å². The highest BCUT2D eigenvalue weighted by Gasteiger charge is 2.29. The first-order valence-electron chi connectivity index (χ1n) is 27.4. The lowest BCUT2D eigenvalue weighted by Gasteiger charge is -2.09. The minimum absolute atomic E-state index is 0.0440. The SMILES string of the molecule is Cc1ccc(S(=O)(=O)OCCOc2ccc3c(c2)c(S(=O)(=O)c2cccc4ccccc24)nn3Cc2cccc(Cl)c2)cc1.Cc1ccc(S(=O)(=O)OCCOc2ccc3n[nH]c(S(=O)(=O)c4cccc5ccccc45)c3c2)cc1.Clc1cccc(CBr)c1. The zero-order chi connectivity index (χ0) is 62.9. The lowest BCUT2D eigenvalue weighted by atomic mass is 10.1. The maximum Gasteiger partial charge on any atom is 0.297 e. The first kappa shape index (κ1) is 64.0. The fourth-order valence-electron chi connectivity index (χ4n) is 9.45. The maximum atomic E-state index is 14.2. The van der Waals surface area contributed by atoms with Crippen LogP contribution in [0.3, 0.4) is 0 Å². The molecule has 0 atom stereocenters. The lowest BCUT2D eigenvalue weighted by Crippen LogP contribution is -2.13. The number of benzene rings is 10. The Balaban J connectivity index is 0.000000174. The number of ether oxygens (including phenoxy) is 2. The van der Waals surface area contributed by atoms with Gasteiger partial charge in [0, 0.05) is 36.9 Å². The van der Waals surface area contributed by atoms with Crippen LogP contribution < -0.4 is 9.47 Å². The molecule has 2 heterocycles. The van der Waals surface area contributed by atoms with Crippen LogP contribution >= 0.6 is 39.1 Å². The van der Waals surface area contributed by atoms with Crippen molar-refractivity contribution in [1.29, 1.82) is 0 Å². The summed E-state index contributed by atoms with van der Waals surface area (Å²) < 4.78 is 128. The van der Waals surface area contributed by atoms with Crippen LogP contribution in [0.25, 0.3) is 43.4 Å². The fourth-order valence-corrected chi connectivity index (χ4v) is 15.2. The molecular formula is C66H55BrCl2N4O12S4. The molecule has 10 aromatic carbocycles. The first-order chi connectivity index (χ1) is 42.7. The van der Waals surface area contributed by atoms with Gasteiger partial charge in [0.05, 0.1) is 37.2 Å². The number of aryl methyl sites for hydroxylation is 2. The molecule has 456 valence electrons. The standard InChI is InChI=1S/C33H27ClN2O6S2.C26H22N2O6S2.C7H6BrCl/c1-23-12-15-28(16-13-23)44(39,40)42-19-18-41-27-14-17-31-30(21-27)33(35-36(31)22-24-6-4-9-26(34)20-24)43(37,38)32-11-5-8-25-7-2-3-10-29(25)32;1-18-9-12-21(13-10-18)36(31,32)34-16-15-33-20-11-14-24-23(17-20)26(28-27-24)35(29,30)25-8-4-6-19-5-2-3-7-22(19)25;8-5-6-2-1-3-7(9)4-6/h2-17,20-21H,18-19,22H2,1H3;2-14,17H,15-16H2,1H3,(H,27,28);1-4H,5H2. The Hall–Kier alpha value is -7.96. The number of sulfone groups is 2. The number of alkyl halides is 1. The molecule has 0 amide bonds. The maximum absolute atomic E-state index is 14.2. The van der Waals surface area contributed by atoms with Crippen LogP contribution in [0.1, 0.15) is 22.3 Å². The van der Waals surface area contributed by atoms with Crippen LogP contribution in [0.4, 0.5) is 0 Å². The summed E-state index contributed by atoms with van der Waals surface area (Å²) in [5, 5.41) is 17.0. The molecule has 12 rings (SSSR count). The molecule has 23 heteroatoms. The van der Waals surface area contributed by atoms with E-state index in [2.05, 4.69) is 31.2 Å². The molecule has 0 unspecified atom stereocenters. The van der Waals surface area contributed by atoms with E-state index in [0.29, 0.717) is 49.1 Å². The van der Waals surface area contributed by atoms with Crippen molar-refractivity contribution in [2.75, 3.05) is 26.4 Å². The summed E-state index contributed by atoms with van der Waals surface area (Å²) in [6.45, 7) is 3.43. The normalized spacial score (nSPS) is 11.9. The van der Waals surface area contributed by atoms with Crippen molar-refractivity contribution < 1.29 is 51.5 Å². The molecule has 0 aliphatic carbocycles. The Kier molecular flexibility index (Phi) is 20.0. The van der Waals surface area contributed by atoms with Gasteiger partial charge in [-0.3, -0.25) is 18.1 Å². The quantitative estimate of drug-likeness (QED) is 0.0452. The Morgan fingerprint density at radius 2 is 0.944 bits per heavy atom. The number of nitrogens with zero attached hydrogens (tertiary/aromatic N) is 3. The zero-order valence-electron chi connectivity index (χ0n) is 47.5. The van der Waals surface area contributed by atoms with Crippen molar-refractivity contribution in [2.24, 2.45) is 0 Å². The van der Waals surface area contributed by atoms with E-state index < -0.39 is 39.9 Å². The molecule has 0 saturated heterocycles. The van der Waals surface area contributed by atoms with E-state index in [1.807, 2.05) is 86.6 Å². The highest BCUT2D eigenvalue weighted by atomic mass is 79.9. The van der Waals surface area contributed by atoms with Gasteiger partial charge in [0.25, 0.3) is 20.2 Å². The Bertz CT molecular complexity index is 5000. The lowest BCUT2D eigenvalue weighted by molar-refractivity contribution is 0.221.